The second-order valence-corrected chi connectivity index (χ2v) is 7.55. The molecule has 0 aliphatic heterocycles. The molecule has 0 saturated carbocycles. The lowest BCUT2D eigenvalue weighted by Gasteiger charge is -2.11. The number of anilines is 1. The van der Waals surface area contributed by atoms with Crippen LogP contribution < -0.4 is 10.1 Å². The number of aromatic nitrogens is 4. The Morgan fingerprint density at radius 2 is 2.00 bits per heavy atom. The molecule has 1 amide bonds. The highest BCUT2D eigenvalue weighted by atomic mass is 35.5. The molecule has 4 aromatic rings. The molecule has 0 bridgehead atoms. The van der Waals surface area contributed by atoms with Gasteiger partial charge in [-0.3, -0.25) is 4.79 Å². The van der Waals surface area contributed by atoms with Crippen LogP contribution in [0.3, 0.4) is 0 Å². The van der Waals surface area contributed by atoms with Crippen molar-refractivity contribution in [2.45, 2.75) is 13.5 Å². The van der Waals surface area contributed by atoms with Crippen LogP contribution in [-0.2, 0) is 13.7 Å². The summed E-state index contributed by atoms with van der Waals surface area (Å²) in [4.78, 5) is 20.8. The zero-order valence-electron chi connectivity index (χ0n) is 16.5. The summed E-state index contributed by atoms with van der Waals surface area (Å²) in [5, 5.41) is 7.93. The number of aryl methyl sites for hydroxylation is 2. The van der Waals surface area contributed by atoms with E-state index in [4.69, 9.17) is 27.9 Å². The maximum absolute atomic E-state index is 13.3. The number of hydrogen-bond donors (Lipinski definition) is 1. The fraction of sp³-hybridized carbons (Fsp3) is 0.143. The minimum Gasteiger partial charge on any atom is -0.487 e. The molecule has 0 aliphatic carbocycles. The van der Waals surface area contributed by atoms with Crippen LogP contribution in [0.4, 0.5) is 10.1 Å². The first kappa shape index (κ1) is 21.0. The van der Waals surface area contributed by atoms with Crippen LogP contribution >= 0.6 is 23.2 Å². The smallest absolute Gasteiger partial charge is 0.255 e. The summed E-state index contributed by atoms with van der Waals surface area (Å²) in [5.74, 6) is -0.429. The summed E-state index contributed by atoms with van der Waals surface area (Å²) in [6.07, 6.45) is 1.37. The number of carbonyl (C=O) groups excluding carboxylic acids is 1. The fourth-order valence-corrected chi connectivity index (χ4v) is 3.47. The Kier molecular flexibility index (Phi) is 5.75. The van der Waals surface area contributed by atoms with Gasteiger partial charge in [-0.2, -0.15) is 5.10 Å². The van der Waals surface area contributed by atoms with E-state index in [2.05, 4.69) is 20.4 Å². The molecule has 0 saturated heterocycles. The molecule has 4 rings (SSSR count). The number of hydrogen-bond acceptors (Lipinski definition) is 5. The van der Waals surface area contributed by atoms with Crippen LogP contribution in [-0.4, -0.2) is 25.7 Å². The summed E-state index contributed by atoms with van der Waals surface area (Å²) < 4.78 is 20.9. The van der Waals surface area contributed by atoms with E-state index in [9.17, 15) is 9.18 Å². The number of rotatable bonds is 5. The number of nitrogens with one attached hydrogen (secondary N) is 1. The summed E-state index contributed by atoms with van der Waals surface area (Å²) in [6.45, 7) is 1.98. The van der Waals surface area contributed by atoms with E-state index < -0.39 is 5.82 Å². The molecule has 0 fully saturated rings. The second kappa shape index (κ2) is 8.49. The second-order valence-electron chi connectivity index (χ2n) is 6.79. The topological polar surface area (TPSA) is 81.9 Å². The standard InChI is InChI=1S/C21H16Cl2FN5O2/c1-11-3-4-12(21(30)27-13-5-6-15(24)14(22)8-13)7-17(11)31-9-16-18-19(23)25-10-26-20(18)29(2)28-16/h3-8,10H,9H2,1-2H3,(H,27,30). The quantitative estimate of drug-likeness (QED) is 0.427. The van der Waals surface area contributed by atoms with E-state index in [1.807, 2.05) is 6.92 Å². The molecule has 10 heteroatoms. The zero-order chi connectivity index (χ0) is 22.1. The molecule has 31 heavy (non-hydrogen) atoms. The van der Waals surface area contributed by atoms with Gasteiger partial charge >= 0.3 is 0 Å². The van der Waals surface area contributed by atoms with Gasteiger partial charge in [0.05, 0.1) is 10.4 Å². The van der Waals surface area contributed by atoms with Crippen LogP contribution in [0.15, 0.2) is 42.7 Å². The number of fused-ring (bicyclic) bond motifs is 1. The lowest BCUT2D eigenvalue weighted by atomic mass is 10.1. The number of halogens is 3. The molecule has 2 aromatic carbocycles. The Morgan fingerprint density at radius 1 is 1.19 bits per heavy atom. The molecular formula is C21H16Cl2FN5O2. The number of nitrogens with zero attached hydrogens (tertiary/aromatic N) is 4. The van der Waals surface area contributed by atoms with Crippen molar-refractivity contribution in [2.24, 2.45) is 7.05 Å². The molecule has 2 aromatic heterocycles. The molecule has 2 heterocycles. The molecule has 0 radical (unpaired) electrons. The zero-order valence-corrected chi connectivity index (χ0v) is 18.0. The maximum Gasteiger partial charge on any atom is 0.255 e. The van der Waals surface area contributed by atoms with Crippen molar-refractivity contribution in [3.63, 3.8) is 0 Å². The molecule has 0 spiro atoms. The summed E-state index contributed by atoms with van der Waals surface area (Å²) >= 11 is 12.0. The van der Waals surface area contributed by atoms with Gasteiger partial charge in [0.25, 0.3) is 5.91 Å². The SMILES string of the molecule is Cc1ccc(C(=O)Nc2ccc(F)c(Cl)c2)cc1OCc1nn(C)c2ncnc(Cl)c12. The van der Waals surface area contributed by atoms with E-state index in [1.54, 1.807) is 29.9 Å². The van der Waals surface area contributed by atoms with Gasteiger partial charge < -0.3 is 10.1 Å². The maximum atomic E-state index is 13.3. The van der Waals surface area contributed by atoms with Crippen molar-refractivity contribution in [1.82, 2.24) is 19.7 Å². The van der Waals surface area contributed by atoms with Gasteiger partial charge in [0.15, 0.2) is 5.65 Å². The number of carbonyl (C=O) groups is 1. The van der Waals surface area contributed by atoms with Gasteiger partial charge in [0, 0.05) is 18.3 Å². The molecule has 0 atom stereocenters. The minimum absolute atomic E-state index is 0.0732. The average molecular weight is 460 g/mol. The molecule has 0 aliphatic rings. The highest BCUT2D eigenvalue weighted by Crippen LogP contribution is 2.26. The van der Waals surface area contributed by atoms with Crippen LogP contribution in [0.2, 0.25) is 10.2 Å². The molecule has 7 nitrogen and oxygen atoms in total. The number of ether oxygens (including phenoxy) is 1. The van der Waals surface area contributed by atoms with Crippen molar-refractivity contribution < 1.29 is 13.9 Å². The first-order chi connectivity index (χ1) is 14.8. The van der Waals surface area contributed by atoms with Gasteiger partial charge in [-0.05, 0) is 42.8 Å². The van der Waals surface area contributed by atoms with Gasteiger partial charge in [-0.1, -0.05) is 29.3 Å². The lowest BCUT2D eigenvalue weighted by molar-refractivity contribution is 0.102. The van der Waals surface area contributed by atoms with Gasteiger partial charge in [0.2, 0.25) is 0 Å². The fourth-order valence-electron chi connectivity index (χ4n) is 3.05. The molecule has 0 unspecified atom stereocenters. The number of amides is 1. The summed E-state index contributed by atoms with van der Waals surface area (Å²) in [6, 6.07) is 9.03. The van der Waals surface area contributed by atoms with E-state index in [1.165, 1.54) is 24.5 Å². The Hall–Kier alpha value is -3.23. The Bertz CT molecular complexity index is 1310. The minimum atomic E-state index is -0.557. The van der Waals surface area contributed by atoms with E-state index in [0.29, 0.717) is 38.9 Å². The lowest BCUT2D eigenvalue weighted by Crippen LogP contribution is -2.12. The Morgan fingerprint density at radius 3 is 2.77 bits per heavy atom. The van der Waals surface area contributed by atoms with Gasteiger partial charge in [-0.15, -0.1) is 0 Å². The monoisotopic (exact) mass is 459 g/mol. The first-order valence-electron chi connectivity index (χ1n) is 9.15. The van der Waals surface area contributed by atoms with Crippen LogP contribution in [0.25, 0.3) is 11.0 Å². The predicted molar refractivity (Wildman–Crippen MR) is 116 cm³/mol. The Balaban J connectivity index is 1.54. The third kappa shape index (κ3) is 4.30. The molecular weight excluding hydrogens is 444 g/mol. The first-order valence-corrected chi connectivity index (χ1v) is 9.91. The third-order valence-electron chi connectivity index (χ3n) is 4.64. The molecule has 158 valence electrons. The summed E-state index contributed by atoms with van der Waals surface area (Å²) in [5.41, 5.74) is 2.77. The normalized spacial score (nSPS) is 11.0. The van der Waals surface area contributed by atoms with E-state index >= 15 is 0 Å². The highest BCUT2D eigenvalue weighted by molar-refractivity contribution is 6.34. The van der Waals surface area contributed by atoms with Gasteiger partial charge in [0.1, 0.15) is 35.3 Å². The largest absolute Gasteiger partial charge is 0.487 e. The highest BCUT2D eigenvalue weighted by Gasteiger charge is 2.16. The van der Waals surface area contributed by atoms with E-state index in [0.717, 1.165) is 5.56 Å². The number of benzene rings is 2. The van der Waals surface area contributed by atoms with Crippen molar-refractivity contribution in [3.8, 4) is 5.75 Å². The average Bonchev–Trinajstić information content (AvgIpc) is 3.07. The van der Waals surface area contributed by atoms with Crippen molar-refractivity contribution in [1.29, 1.82) is 0 Å². The molecule has 1 N–H and O–H groups in total. The van der Waals surface area contributed by atoms with Crippen LogP contribution in [0, 0.1) is 12.7 Å². The summed E-state index contributed by atoms with van der Waals surface area (Å²) in [7, 11) is 1.76. The van der Waals surface area contributed by atoms with Crippen molar-refractivity contribution >= 4 is 45.8 Å². The van der Waals surface area contributed by atoms with Crippen molar-refractivity contribution in [3.05, 3.63) is 75.5 Å². The van der Waals surface area contributed by atoms with Crippen LogP contribution in [0.5, 0.6) is 5.75 Å². The predicted octanol–water partition coefficient (Wildman–Crippen LogP) is 4.95. The third-order valence-corrected chi connectivity index (χ3v) is 5.22. The van der Waals surface area contributed by atoms with Crippen LogP contribution in [0.1, 0.15) is 21.6 Å². The van der Waals surface area contributed by atoms with Crippen molar-refractivity contribution in [2.75, 3.05) is 5.32 Å². The van der Waals surface area contributed by atoms with Gasteiger partial charge in [-0.25, -0.2) is 19.0 Å². The van der Waals surface area contributed by atoms with E-state index in [-0.39, 0.29) is 17.5 Å². The Labute approximate surface area is 186 Å².